The molecule has 112 valence electrons. The Balaban J connectivity index is 2.64. The Morgan fingerprint density at radius 1 is 1.30 bits per heavy atom. The lowest BCUT2D eigenvalue weighted by Crippen LogP contribution is -2.38. The highest BCUT2D eigenvalue weighted by atomic mass is 16.1. The molecule has 3 N–H and O–H groups in total. The summed E-state index contributed by atoms with van der Waals surface area (Å²) in [4.78, 5) is 14.1. The van der Waals surface area contributed by atoms with Crippen LogP contribution < -0.4 is 11.1 Å². The van der Waals surface area contributed by atoms with Gasteiger partial charge >= 0.3 is 0 Å². The number of benzene rings is 1. The van der Waals surface area contributed by atoms with E-state index in [1.54, 1.807) is 0 Å². The van der Waals surface area contributed by atoms with Gasteiger partial charge in [-0.25, -0.2) is 0 Å². The maximum Gasteiger partial charge on any atom is 0.220 e. The largest absolute Gasteiger partial charge is 0.348 e. The molecule has 0 aliphatic rings. The molecule has 0 aliphatic carbocycles. The van der Waals surface area contributed by atoms with E-state index < -0.39 is 0 Å². The minimum Gasteiger partial charge on any atom is -0.348 e. The van der Waals surface area contributed by atoms with Crippen LogP contribution in [0.15, 0.2) is 30.3 Å². The summed E-state index contributed by atoms with van der Waals surface area (Å²) in [7, 11) is 4.01. The Hall–Kier alpha value is -1.39. The van der Waals surface area contributed by atoms with E-state index in [0.29, 0.717) is 12.8 Å². The molecule has 1 rings (SSSR count). The molecular weight excluding hydrogens is 250 g/mol. The van der Waals surface area contributed by atoms with Crippen LogP contribution in [0.1, 0.15) is 38.3 Å². The summed E-state index contributed by atoms with van der Waals surface area (Å²) in [5.41, 5.74) is 6.74. The van der Waals surface area contributed by atoms with E-state index in [9.17, 15) is 4.79 Å². The molecule has 0 fully saturated rings. The van der Waals surface area contributed by atoms with Crippen molar-refractivity contribution in [1.29, 1.82) is 0 Å². The van der Waals surface area contributed by atoms with E-state index in [-0.39, 0.29) is 17.5 Å². The van der Waals surface area contributed by atoms with Crippen molar-refractivity contribution in [2.75, 3.05) is 20.6 Å². The second-order valence-electron chi connectivity index (χ2n) is 6.28. The second-order valence-corrected chi connectivity index (χ2v) is 6.28. The zero-order chi connectivity index (χ0) is 15.2. The zero-order valence-electron chi connectivity index (χ0n) is 13.0. The second kappa shape index (κ2) is 7.41. The number of carbonyl (C=O) groups excluding carboxylic acids is 1. The third-order valence-electron chi connectivity index (χ3n) is 3.08. The van der Waals surface area contributed by atoms with E-state index in [4.69, 9.17) is 5.73 Å². The maximum atomic E-state index is 12.1. The van der Waals surface area contributed by atoms with E-state index in [2.05, 4.69) is 10.2 Å². The summed E-state index contributed by atoms with van der Waals surface area (Å²) < 4.78 is 0. The van der Waals surface area contributed by atoms with Gasteiger partial charge in [-0.05, 0) is 39.9 Å². The quantitative estimate of drug-likeness (QED) is 0.800. The average Bonchev–Trinajstić information content (AvgIpc) is 2.35. The molecule has 0 saturated carbocycles. The van der Waals surface area contributed by atoms with Gasteiger partial charge in [-0.2, -0.15) is 0 Å². The molecule has 4 heteroatoms. The monoisotopic (exact) mass is 277 g/mol. The number of nitrogens with two attached hydrogens (primary N) is 1. The lowest BCUT2D eigenvalue weighted by atomic mass is 9.99. The van der Waals surface area contributed by atoms with Gasteiger partial charge in [0.1, 0.15) is 0 Å². The summed E-state index contributed by atoms with van der Waals surface area (Å²) in [5.74, 6) is 0.0548. The van der Waals surface area contributed by atoms with Gasteiger partial charge in [0.15, 0.2) is 0 Å². The van der Waals surface area contributed by atoms with Crippen LogP contribution >= 0.6 is 0 Å². The van der Waals surface area contributed by atoms with Crippen LogP contribution in [0.25, 0.3) is 0 Å². The van der Waals surface area contributed by atoms with Crippen molar-refractivity contribution in [3.8, 4) is 0 Å². The fraction of sp³-hybridized carbons (Fsp3) is 0.562. The Morgan fingerprint density at radius 2 is 1.90 bits per heavy atom. The van der Waals surface area contributed by atoms with Crippen molar-refractivity contribution < 1.29 is 4.79 Å². The highest BCUT2D eigenvalue weighted by Gasteiger charge is 2.18. The van der Waals surface area contributed by atoms with E-state index >= 15 is 0 Å². The lowest BCUT2D eigenvalue weighted by molar-refractivity contribution is -0.122. The van der Waals surface area contributed by atoms with Gasteiger partial charge in [-0.15, -0.1) is 0 Å². The van der Waals surface area contributed by atoms with Crippen LogP contribution in [0, 0.1) is 0 Å². The minimum absolute atomic E-state index is 0.0135. The van der Waals surface area contributed by atoms with Gasteiger partial charge in [-0.1, -0.05) is 30.3 Å². The molecular formula is C16H27N3O. The summed E-state index contributed by atoms with van der Waals surface area (Å²) in [5, 5.41) is 3.10. The van der Waals surface area contributed by atoms with E-state index in [0.717, 1.165) is 12.1 Å². The molecule has 20 heavy (non-hydrogen) atoms. The number of hydrogen-bond donors (Lipinski definition) is 2. The standard InChI is InChI=1S/C16H27N3O/c1-16(2,17)11-10-15(20)18-14(12-19(3)4)13-8-6-5-7-9-13/h5-9,14H,10-12,17H2,1-4H3,(H,18,20). The molecule has 1 unspecified atom stereocenters. The molecule has 0 radical (unpaired) electrons. The minimum atomic E-state index is -0.304. The van der Waals surface area contributed by atoms with Crippen LogP contribution in [-0.4, -0.2) is 37.0 Å². The number of nitrogens with one attached hydrogen (secondary N) is 1. The van der Waals surface area contributed by atoms with Crippen molar-refractivity contribution in [2.24, 2.45) is 5.73 Å². The first-order valence-corrected chi connectivity index (χ1v) is 7.06. The fourth-order valence-electron chi connectivity index (χ4n) is 1.99. The normalized spacial score (nSPS) is 13.3. The van der Waals surface area contributed by atoms with Crippen LogP contribution in [0.4, 0.5) is 0 Å². The Morgan fingerprint density at radius 3 is 2.40 bits per heavy atom. The predicted octanol–water partition coefficient (Wildman–Crippen LogP) is 1.92. The van der Waals surface area contributed by atoms with Crippen molar-refractivity contribution in [2.45, 2.75) is 38.3 Å². The molecule has 1 atom stereocenters. The molecule has 0 heterocycles. The lowest BCUT2D eigenvalue weighted by Gasteiger charge is -2.24. The number of hydrogen-bond acceptors (Lipinski definition) is 3. The third-order valence-corrected chi connectivity index (χ3v) is 3.08. The van der Waals surface area contributed by atoms with Gasteiger partial charge in [-0.3, -0.25) is 4.79 Å². The van der Waals surface area contributed by atoms with Crippen molar-refractivity contribution in [3.63, 3.8) is 0 Å². The van der Waals surface area contributed by atoms with Gasteiger partial charge in [0.25, 0.3) is 0 Å². The Bertz CT molecular complexity index is 409. The molecule has 4 nitrogen and oxygen atoms in total. The summed E-state index contributed by atoms with van der Waals surface area (Å²) in [6.07, 6.45) is 1.14. The first kappa shape index (κ1) is 16.7. The third kappa shape index (κ3) is 6.68. The van der Waals surface area contributed by atoms with Crippen LogP contribution in [0.5, 0.6) is 0 Å². The van der Waals surface area contributed by atoms with Gasteiger partial charge in [0.05, 0.1) is 6.04 Å². The highest BCUT2D eigenvalue weighted by molar-refractivity contribution is 5.76. The van der Waals surface area contributed by atoms with Gasteiger partial charge in [0.2, 0.25) is 5.91 Å². The number of carbonyl (C=O) groups is 1. The topological polar surface area (TPSA) is 58.4 Å². The predicted molar refractivity (Wildman–Crippen MR) is 83.4 cm³/mol. The van der Waals surface area contributed by atoms with Gasteiger partial charge < -0.3 is 16.0 Å². The molecule has 1 aromatic carbocycles. The Kier molecular flexibility index (Phi) is 6.17. The van der Waals surface area contributed by atoms with Crippen LogP contribution in [-0.2, 0) is 4.79 Å². The molecule has 0 spiro atoms. The van der Waals surface area contributed by atoms with Crippen molar-refractivity contribution in [1.82, 2.24) is 10.2 Å². The SMILES string of the molecule is CN(C)CC(NC(=O)CCC(C)(C)N)c1ccccc1. The van der Waals surface area contributed by atoms with Crippen molar-refractivity contribution >= 4 is 5.91 Å². The molecule has 0 saturated heterocycles. The molecule has 0 aromatic heterocycles. The fourth-order valence-corrected chi connectivity index (χ4v) is 1.99. The van der Waals surface area contributed by atoms with Gasteiger partial charge in [0, 0.05) is 18.5 Å². The highest BCUT2D eigenvalue weighted by Crippen LogP contribution is 2.14. The summed E-state index contributed by atoms with van der Waals surface area (Å²) >= 11 is 0. The Labute approximate surface area is 122 Å². The van der Waals surface area contributed by atoms with E-state index in [1.807, 2.05) is 58.3 Å². The number of nitrogens with zero attached hydrogens (tertiary/aromatic N) is 1. The first-order chi connectivity index (χ1) is 9.28. The van der Waals surface area contributed by atoms with Crippen molar-refractivity contribution in [3.05, 3.63) is 35.9 Å². The number of rotatable bonds is 7. The molecule has 0 bridgehead atoms. The first-order valence-electron chi connectivity index (χ1n) is 7.06. The number of amides is 1. The molecule has 1 amide bonds. The summed E-state index contributed by atoms with van der Waals surface area (Å²) in [6.45, 7) is 4.66. The van der Waals surface area contributed by atoms with E-state index in [1.165, 1.54) is 0 Å². The maximum absolute atomic E-state index is 12.1. The molecule has 1 aromatic rings. The average molecular weight is 277 g/mol. The molecule has 0 aliphatic heterocycles. The van der Waals surface area contributed by atoms with Crippen LogP contribution in [0.3, 0.4) is 0 Å². The smallest absolute Gasteiger partial charge is 0.220 e. The van der Waals surface area contributed by atoms with Crippen LogP contribution in [0.2, 0.25) is 0 Å². The zero-order valence-corrected chi connectivity index (χ0v) is 13.0. The summed E-state index contributed by atoms with van der Waals surface area (Å²) in [6, 6.07) is 10.1. The number of likely N-dealkylation sites (N-methyl/N-ethyl adjacent to an activating group) is 1.